The van der Waals surface area contributed by atoms with E-state index in [-0.39, 0.29) is 10.9 Å². The van der Waals surface area contributed by atoms with Gasteiger partial charge in [0.2, 0.25) is 0 Å². The molecule has 0 N–H and O–H groups in total. The van der Waals surface area contributed by atoms with Gasteiger partial charge in [-0.15, -0.1) is 0 Å². The molecule has 0 nitrogen and oxygen atoms in total. The summed E-state index contributed by atoms with van der Waals surface area (Å²) in [6.45, 7) is 17.2. The Morgan fingerprint density at radius 1 is 0.750 bits per heavy atom. The van der Waals surface area contributed by atoms with Gasteiger partial charge in [0.25, 0.3) is 0 Å². The molecule has 0 aromatic heterocycles. The predicted octanol–water partition coefficient (Wildman–Crippen LogP) is 5.16. The molecular weight excluding hydrogens is 212 g/mol. The average Bonchev–Trinajstić information content (AvgIpc) is 2.03. The summed E-state index contributed by atoms with van der Waals surface area (Å²) in [4.78, 5) is 0. The Bertz CT molecular complexity index is 197. The number of hydrogen-bond donors (Lipinski definition) is 1. The van der Waals surface area contributed by atoms with Gasteiger partial charge in [0.1, 0.15) is 0 Å². The highest BCUT2D eigenvalue weighted by molar-refractivity contribution is 8.19. The van der Waals surface area contributed by atoms with E-state index in [1.807, 2.05) is 0 Å². The third kappa shape index (κ3) is 3.68. The van der Waals surface area contributed by atoms with E-state index in [4.69, 9.17) is 0 Å². The van der Waals surface area contributed by atoms with Gasteiger partial charge in [-0.3, -0.25) is 0 Å². The van der Waals surface area contributed by atoms with Crippen molar-refractivity contribution in [1.82, 2.24) is 0 Å². The summed E-state index contributed by atoms with van der Waals surface area (Å²) in [5, 5.41) is 1.02. The fourth-order valence-electron chi connectivity index (χ4n) is 3.60. The molecule has 0 saturated heterocycles. The highest BCUT2D eigenvalue weighted by Gasteiger charge is 2.37. The predicted molar refractivity (Wildman–Crippen MR) is 79.9 cm³/mol. The topological polar surface area (TPSA) is 0 Å². The second-order valence-electron chi connectivity index (χ2n) is 7.63. The van der Waals surface area contributed by atoms with Crippen LogP contribution in [0.2, 0.25) is 0 Å². The minimum atomic E-state index is 0.120. The van der Waals surface area contributed by atoms with Gasteiger partial charge >= 0.3 is 0 Å². The molecule has 1 saturated carbocycles. The molecule has 98 valence electrons. The molecule has 1 aliphatic carbocycles. The molecule has 16 heavy (non-hydrogen) atoms. The van der Waals surface area contributed by atoms with Crippen LogP contribution in [0.4, 0.5) is 0 Å². The zero-order chi connectivity index (χ0) is 12.6. The molecule has 0 aromatic rings. The first kappa shape index (κ1) is 14.4. The maximum Gasteiger partial charge on any atom is -0.0100 e. The van der Waals surface area contributed by atoms with Crippen LogP contribution >= 0.6 is 10.9 Å². The van der Waals surface area contributed by atoms with E-state index < -0.39 is 0 Å². The minimum Gasteiger partial charge on any atom is -0.241 e. The summed E-state index contributed by atoms with van der Waals surface area (Å²) in [7, 11) is 0.120. The van der Waals surface area contributed by atoms with Crippen molar-refractivity contribution < 1.29 is 0 Å². The van der Waals surface area contributed by atoms with Crippen LogP contribution in [0.25, 0.3) is 0 Å². The van der Waals surface area contributed by atoms with Crippen LogP contribution in [-0.4, -0.2) is 14.7 Å². The molecule has 1 fully saturated rings. The molecule has 1 rings (SSSR count). The highest BCUT2D eigenvalue weighted by atomic mass is 32.2. The van der Waals surface area contributed by atoms with Gasteiger partial charge in [-0.1, -0.05) is 48.5 Å². The monoisotopic (exact) mass is 244 g/mol. The maximum absolute atomic E-state index is 2.46. The van der Waals surface area contributed by atoms with Crippen molar-refractivity contribution in [3.63, 3.8) is 0 Å². The molecule has 0 radical (unpaired) electrons. The van der Waals surface area contributed by atoms with Crippen LogP contribution in [-0.2, 0) is 0 Å². The lowest BCUT2D eigenvalue weighted by Crippen LogP contribution is -2.36. The van der Waals surface area contributed by atoms with Crippen LogP contribution in [0.3, 0.4) is 0 Å². The normalized spacial score (nSPS) is 29.1. The fraction of sp³-hybridized carbons (Fsp3) is 1.00. The minimum absolute atomic E-state index is 0.120. The fourth-order valence-corrected chi connectivity index (χ4v) is 8.62. The van der Waals surface area contributed by atoms with Gasteiger partial charge < -0.3 is 0 Å². The van der Waals surface area contributed by atoms with E-state index >= 15 is 0 Å². The van der Waals surface area contributed by atoms with E-state index in [0.717, 1.165) is 11.2 Å². The Hall–Kier alpha value is 0.350. The van der Waals surface area contributed by atoms with Crippen molar-refractivity contribution in [2.45, 2.75) is 88.9 Å². The van der Waals surface area contributed by atoms with Crippen LogP contribution in [0.1, 0.15) is 74.1 Å². The van der Waals surface area contributed by atoms with Crippen molar-refractivity contribution in [2.24, 2.45) is 5.92 Å². The smallest absolute Gasteiger partial charge is 0.0100 e. The summed E-state index contributed by atoms with van der Waals surface area (Å²) in [5.74, 6) is 0.980. The summed E-state index contributed by atoms with van der Waals surface area (Å²) in [6.07, 6.45) is 5.91. The third-order valence-corrected chi connectivity index (χ3v) is 7.93. The molecule has 0 aromatic carbocycles. The first-order chi connectivity index (χ1) is 7.12. The van der Waals surface area contributed by atoms with Crippen molar-refractivity contribution in [1.29, 1.82) is 0 Å². The average molecular weight is 244 g/mol. The van der Waals surface area contributed by atoms with E-state index in [2.05, 4.69) is 48.5 Å². The summed E-state index contributed by atoms with van der Waals surface area (Å²) in [6, 6.07) is 0. The number of rotatable bonds is 1. The highest BCUT2D eigenvalue weighted by Crippen LogP contribution is 2.57. The van der Waals surface area contributed by atoms with Crippen LogP contribution in [0.15, 0.2) is 0 Å². The molecule has 0 bridgehead atoms. The first-order valence-corrected chi connectivity index (χ1v) is 8.33. The lowest BCUT2D eigenvalue weighted by atomic mass is 9.91. The Labute approximate surface area is 106 Å². The number of hydrogen-bond acceptors (Lipinski definition) is 0. The summed E-state index contributed by atoms with van der Waals surface area (Å²) >= 11 is 0. The van der Waals surface area contributed by atoms with Gasteiger partial charge in [0.05, 0.1) is 0 Å². The second kappa shape index (κ2) is 4.92. The molecular formula is C15H32S. The Kier molecular flexibility index (Phi) is 4.43. The largest absolute Gasteiger partial charge is 0.241 e. The second-order valence-corrected chi connectivity index (χ2v) is 11.8. The summed E-state index contributed by atoms with van der Waals surface area (Å²) in [5.41, 5.74) is 0. The van der Waals surface area contributed by atoms with Gasteiger partial charge in [-0.05, 0) is 46.3 Å². The SMILES string of the molecule is CC1CCC([SH](C(C)(C)C)C(C)(C)C)CC1. The van der Waals surface area contributed by atoms with Gasteiger partial charge in [0.15, 0.2) is 0 Å². The number of thiol groups is 1. The molecule has 0 amide bonds. The first-order valence-electron chi connectivity index (χ1n) is 6.92. The molecule has 0 heterocycles. The van der Waals surface area contributed by atoms with E-state index in [1.165, 1.54) is 25.7 Å². The van der Waals surface area contributed by atoms with Crippen molar-refractivity contribution in [2.75, 3.05) is 0 Å². The van der Waals surface area contributed by atoms with E-state index in [1.54, 1.807) is 0 Å². The van der Waals surface area contributed by atoms with E-state index in [0.29, 0.717) is 9.49 Å². The Morgan fingerprint density at radius 2 is 1.12 bits per heavy atom. The third-order valence-electron chi connectivity index (χ3n) is 3.80. The Balaban J connectivity index is 2.78. The molecule has 0 unspecified atom stereocenters. The zero-order valence-corrected chi connectivity index (χ0v) is 13.3. The Morgan fingerprint density at radius 3 is 1.44 bits per heavy atom. The quantitative estimate of drug-likeness (QED) is 0.605. The van der Waals surface area contributed by atoms with Gasteiger partial charge in [-0.2, -0.15) is 0 Å². The molecule has 0 atom stereocenters. The molecule has 1 aliphatic rings. The zero-order valence-electron chi connectivity index (χ0n) is 12.4. The van der Waals surface area contributed by atoms with Gasteiger partial charge in [-0.25, -0.2) is 10.9 Å². The lowest BCUT2D eigenvalue weighted by Gasteiger charge is -2.51. The van der Waals surface area contributed by atoms with Crippen molar-refractivity contribution in [3.8, 4) is 0 Å². The van der Waals surface area contributed by atoms with Crippen LogP contribution in [0.5, 0.6) is 0 Å². The standard InChI is InChI=1S/C15H32S/c1-12-8-10-13(11-9-12)16(14(2,3)4)15(5,6)7/h12-13,16H,8-11H2,1-7H3. The van der Waals surface area contributed by atoms with Crippen molar-refractivity contribution in [3.05, 3.63) is 0 Å². The molecule has 0 spiro atoms. The summed E-state index contributed by atoms with van der Waals surface area (Å²) < 4.78 is 1.03. The van der Waals surface area contributed by atoms with Crippen LogP contribution < -0.4 is 0 Å². The van der Waals surface area contributed by atoms with Gasteiger partial charge in [0, 0.05) is 0 Å². The van der Waals surface area contributed by atoms with Crippen molar-refractivity contribution >= 4 is 10.9 Å². The van der Waals surface area contributed by atoms with Crippen LogP contribution in [0, 0.1) is 5.92 Å². The molecule has 0 aliphatic heterocycles. The van der Waals surface area contributed by atoms with E-state index in [9.17, 15) is 0 Å². The molecule has 1 heteroatoms. The maximum atomic E-state index is 2.46. The lowest BCUT2D eigenvalue weighted by molar-refractivity contribution is 0.388.